The van der Waals surface area contributed by atoms with Gasteiger partial charge in [0.25, 0.3) is 5.91 Å². The minimum absolute atomic E-state index is 0.274. The standard InChI is InChI=1S/C23H34N4O4/c1-3-5-13-29-16-17-30-15-12-25-23(24-4-2)26-18-19-8-10-20(11-9-19)27-22(28)21-7-6-14-31-21/h6-11,14H,3-5,12-13,15-18H2,1-2H3,(H,27,28)(H2,24,25,26). The summed E-state index contributed by atoms with van der Waals surface area (Å²) in [6.07, 6.45) is 3.71. The van der Waals surface area contributed by atoms with Crippen molar-refractivity contribution in [3.05, 3.63) is 54.0 Å². The van der Waals surface area contributed by atoms with Crippen molar-refractivity contribution in [3.8, 4) is 0 Å². The number of aliphatic imine (C=N–C) groups is 1. The van der Waals surface area contributed by atoms with Crippen LogP contribution >= 0.6 is 0 Å². The summed E-state index contributed by atoms with van der Waals surface area (Å²) in [6.45, 7) is 8.75. The summed E-state index contributed by atoms with van der Waals surface area (Å²) < 4.78 is 16.1. The third-order valence-corrected chi connectivity index (χ3v) is 4.27. The molecule has 8 nitrogen and oxygen atoms in total. The normalized spacial score (nSPS) is 11.4. The molecule has 2 rings (SSSR count). The molecule has 1 amide bonds. The molecule has 8 heteroatoms. The van der Waals surface area contributed by atoms with E-state index in [9.17, 15) is 4.79 Å². The fourth-order valence-electron chi connectivity index (χ4n) is 2.62. The highest BCUT2D eigenvalue weighted by molar-refractivity contribution is 6.02. The molecule has 0 spiro atoms. The monoisotopic (exact) mass is 430 g/mol. The molecule has 0 aliphatic rings. The fourth-order valence-corrected chi connectivity index (χ4v) is 2.62. The lowest BCUT2D eigenvalue weighted by Gasteiger charge is -2.12. The largest absolute Gasteiger partial charge is 0.459 e. The van der Waals surface area contributed by atoms with Crippen LogP contribution in [0.25, 0.3) is 0 Å². The lowest BCUT2D eigenvalue weighted by molar-refractivity contribution is 0.0487. The van der Waals surface area contributed by atoms with Crippen molar-refractivity contribution in [1.29, 1.82) is 0 Å². The van der Waals surface area contributed by atoms with Gasteiger partial charge in [0.1, 0.15) is 0 Å². The number of hydrogen-bond acceptors (Lipinski definition) is 5. The number of benzene rings is 1. The van der Waals surface area contributed by atoms with E-state index in [0.29, 0.717) is 38.6 Å². The highest BCUT2D eigenvalue weighted by Crippen LogP contribution is 2.12. The second kappa shape index (κ2) is 15.0. The Morgan fingerprint density at radius 3 is 2.45 bits per heavy atom. The molecule has 2 aromatic rings. The number of nitrogens with one attached hydrogen (secondary N) is 3. The van der Waals surface area contributed by atoms with E-state index in [1.165, 1.54) is 6.26 Å². The molecule has 1 aromatic heterocycles. The first-order chi connectivity index (χ1) is 15.2. The van der Waals surface area contributed by atoms with E-state index >= 15 is 0 Å². The van der Waals surface area contributed by atoms with Crippen LogP contribution in [0.1, 0.15) is 42.8 Å². The maximum Gasteiger partial charge on any atom is 0.291 e. The van der Waals surface area contributed by atoms with Gasteiger partial charge >= 0.3 is 0 Å². The SMILES string of the molecule is CCCCOCCOCCNC(=NCc1ccc(NC(=O)c2ccco2)cc1)NCC. The summed E-state index contributed by atoms with van der Waals surface area (Å²) in [5.41, 5.74) is 1.74. The molecule has 0 saturated heterocycles. The molecule has 3 N–H and O–H groups in total. The second-order valence-electron chi connectivity index (χ2n) is 6.83. The van der Waals surface area contributed by atoms with Gasteiger partial charge in [0.05, 0.1) is 32.6 Å². The van der Waals surface area contributed by atoms with E-state index in [1.807, 2.05) is 31.2 Å². The lowest BCUT2D eigenvalue weighted by atomic mass is 10.2. The van der Waals surface area contributed by atoms with Crippen LogP contribution < -0.4 is 16.0 Å². The Hall–Kier alpha value is -2.84. The minimum atomic E-state index is -0.274. The zero-order valence-electron chi connectivity index (χ0n) is 18.5. The van der Waals surface area contributed by atoms with Crippen molar-refractivity contribution >= 4 is 17.6 Å². The van der Waals surface area contributed by atoms with Crippen molar-refractivity contribution in [2.75, 3.05) is 44.8 Å². The summed E-state index contributed by atoms with van der Waals surface area (Å²) in [5.74, 6) is 0.743. The molecule has 1 heterocycles. The number of rotatable bonds is 14. The van der Waals surface area contributed by atoms with E-state index in [4.69, 9.17) is 13.9 Å². The fraction of sp³-hybridized carbons (Fsp3) is 0.478. The molecule has 31 heavy (non-hydrogen) atoms. The Kier molecular flexibility index (Phi) is 11.8. The third kappa shape index (κ3) is 10.1. The minimum Gasteiger partial charge on any atom is -0.459 e. The van der Waals surface area contributed by atoms with Gasteiger partial charge in [-0.25, -0.2) is 4.99 Å². The van der Waals surface area contributed by atoms with Crippen LogP contribution in [0.15, 0.2) is 52.1 Å². The molecule has 0 fully saturated rings. The van der Waals surface area contributed by atoms with Gasteiger partial charge in [0.15, 0.2) is 11.7 Å². The van der Waals surface area contributed by atoms with Gasteiger partial charge < -0.3 is 29.8 Å². The molecular formula is C23H34N4O4. The Bertz CT molecular complexity index is 760. The number of furan rings is 1. The number of ether oxygens (including phenoxy) is 2. The van der Waals surface area contributed by atoms with E-state index in [-0.39, 0.29) is 11.7 Å². The first kappa shape index (κ1) is 24.4. The number of anilines is 1. The van der Waals surface area contributed by atoms with Gasteiger partial charge in [-0.1, -0.05) is 25.5 Å². The van der Waals surface area contributed by atoms with Crippen molar-refractivity contribution in [2.45, 2.75) is 33.2 Å². The lowest BCUT2D eigenvalue weighted by Crippen LogP contribution is -2.39. The Balaban J connectivity index is 1.70. The summed E-state index contributed by atoms with van der Waals surface area (Å²) >= 11 is 0. The third-order valence-electron chi connectivity index (χ3n) is 4.27. The highest BCUT2D eigenvalue weighted by Gasteiger charge is 2.08. The van der Waals surface area contributed by atoms with Crippen LogP contribution in [-0.2, 0) is 16.0 Å². The Labute approximate surface area is 184 Å². The molecular weight excluding hydrogens is 396 g/mol. The van der Waals surface area contributed by atoms with E-state index in [0.717, 1.165) is 37.5 Å². The summed E-state index contributed by atoms with van der Waals surface area (Å²) in [6, 6.07) is 10.9. The highest BCUT2D eigenvalue weighted by atomic mass is 16.5. The molecule has 1 aromatic carbocycles. The van der Waals surface area contributed by atoms with E-state index < -0.39 is 0 Å². The first-order valence-corrected chi connectivity index (χ1v) is 10.8. The number of hydrogen-bond donors (Lipinski definition) is 3. The quantitative estimate of drug-likeness (QED) is 0.241. The second-order valence-corrected chi connectivity index (χ2v) is 6.83. The Morgan fingerprint density at radius 2 is 1.77 bits per heavy atom. The Morgan fingerprint density at radius 1 is 1.00 bits per heavy atom. The van der Waals surface area contributed by atoms with Crippen LogP contribution in [0.2, 0.25) is 0 Å². The summed E-state index contributed by atoms with van der Waals surface area (Å²) in [5, 5.41) is 9.28. The van der Waals surface area contributed by atoms with Gasteiger partial charge in [0.2, 0.25) is 0 Å². The number of carbonyl (C=O) groups is 1. The van der Waals surface area contributed by atoms with Gasteiger partial charge in [-0.2, -0.15) is 0 Å². The maximum absolute atomic E-state index is 12.0. The average molecular weight is 431 g/mol. The van der Waals surface area contributed by atoms with Crippen LogP contribution in [0.5, 0.6) is 0 Å². The number of nitrogens with zero attached hydrogens (tertiary/aromatic N) is 1. The van der Waals surface area contributed by atoms with Gasteiger partial charge in [0, 0.05) is 25.4 Å². The molecule has 0 aliphatic heterocycles. The first-order valence-electron chi connectivity index (χ1n) is 10.8. The molecule has 170 valence electrons. The number of amides is 1. The van der Waals surface area contributed by atoms with E-state index in [1.54, 1.807) is 12.1 Å². The van der Waals surface area contributed by atoms with Crippen molar-refractivity contribution < 1.29 is 18.7 Å². The topological polar surface area (TPSA) is 97.1 Å². The molecule has 0 atom stereocenters. The van der Waals surface area contributed by atoms with Crippen LogP contribution in [0.4, 0.5) is 5.69 Å². The van der Waals surface area contributed by atoms with Crippen molar-refractivity contribution in [2.24, 2.45) is 4.99 Å². The summed E-state index contributed by atoms with van der Waals surface area (Å²) in [4.78, 5) is 16.6. The molecule has 0 bridgehead atoms. The van der Waals surface area contributed by atoms with Crippen LogP contribution in [0.3, 0.4) is 0 Å². The van der Waals surface area contributed by atoms with E-state index in [2.05, 4.69) is 27.9 Å². The van der Waals surface area contributed by atoms with Gasteiger partial charge in [-0.05, 0) is 43.2 Å². The van der Waals surface area contributed by atoms with Crippen LogP contribution in [-0.4, -0.2) is 51.4 Å². The smallest absolute Gasteiger partial charge is 0.291 e. The maximum atomic E-state index is 12.0. The van der Waals surface area contributed by atoms with Gasteiger partial charge in [-0.15, -0.1) is 0 Å². The number of unbranched alkanes of at least 4 members (excludes halogenated alkanes) is 1. The zero-order chi connectivity index (χ0) is 22.2. The predicted octanol–water partition coefficient (Wildman–Crippen LogP) is 3.42. The average Bonchev–Trinajstić information content (AvgIpc) is 3.32. The molecule has 0 unspecified atom stereocenters. The molecule has 0 saturated carbocycles. The summed E-state index contributed by atoms with van der Waals surface area (Å²) in [7, 11) is 0. The molecule has 0 radical (unpaired) electrons. The number of guanidine groups is 1. The van der Waals surface area contributed by atoms with Crippen molar-refractivity contribution in [3.63, 3.8) is 0 Å². The zero-order valence-corrected chi connectivity index (χ0v) is 18.5. The molecule has 0 aliphatic carbocycles. The number of carbonyl (C=O) groups excluding carboxylic acids is 1. The van der Waals surface area contributed by atoms with Crippen molar-refractivity contribution in [1.82, 2.24) is 10.6 Å². The van der Waals surface area contributed by atoms with Crippen LogP contribution in [0, 0.1) is 0 Å². The predicted molar refractivity (Wildman–Crippen MR) is 122 cm³/mol. The van der Waals surface area contributed by atoms with Gasteiger partial charge in [-0.3, -0.25) is 4.79 Å².